The molecule has 3 N–H and O–H groups in total. The Hall–Kier alpha value is -4.32. The van der Waals surface area contributed by atoms with Crippen molar-refractivity contribution in [1.82, 2.24) is 20.4 Å². The molecule has 0 aliphatic carbocycles. The van der Waals surface area contributed by atoms with Crippen LogP contribution >= 0.6 is 0 Å². The van der Waals surface area contributed by atoms with Gasteiger partial charge < -0.3 is 24.6 Å². The highest BCUT2D eigenvalue weighted by atomic mass is 28.4. The van der Waals surface area contributed by atoms with Crippen LogP contribution in [0.1, 0.15) is 101 Å². The van der Waals surface area contributed by atoms with Crippen LogP contribution in [0.2, 0.25) is 18.1 Å². The molecule has 3 atom stereocenters. The monoisotopic (exact) mass is 711 g/mol. The largest absolute Gasteiger partial charge is 0.444 e. The first-order chi connectivity index (χ1) is 24.0. The fourth-order valence-electron chi connectivity index (χ4n) is 6.23. The van der Waals surface area contributed by atoms with Crippen molar-refractivity contribution in [3.05, 3.63) is 119 Å². The van der Waals surface area contributed by atoms with Gasteiger partial charge in [0.05, 0.1) is 12.1 Å². The lowest BCUT2D eigenvalue weighted by atomic mass is 9.77. The van der Waals surface area contributed by atoms with Crippen LogP contribution in [0.5, 0.6) is 0 Å². The molecule has 5 rings (SSSR count). The van der Waals surface area contributed by atoms with Gasteiger partial charge in [0.15, 0.2) is 8.32 Å². The van der Waals surface area contributed by atoms with Gasteiger partial charge in [0.2, 0.25) is 17.7 Å². The number of hydrogen-bond acceptors (Lipinski definition) is 8. The molecule has 0 saturated carbocycles. The molecule has 0 spiro atoms. The van der Waals surface area contributed by atoms with E-state index in [-0.39, 0.29) is 41.7 Å². The molecule has 0 unspecified atom stereocenters. The van der Waals surface area contributed by atoms with E-state index in [1.807, 2.05) is 112 Å². The molecule has 4 aromatic rings. The summed E-state index contributed by atoms with van der Waals surface area (Å²) in [7, 11) is -2.13. The Morgan fingerprint density at radius 1 is 0.882 bits per heavy atom. The number of hydrogen-bond donors (Lipinski definition) is 2. The van der Waals surface area contributed by atoms with Crippen molar-refractivity contribution in [2.75, 3.05) is 6.54 Å². The topological polar surface area (TPSA) is 133 Å². The third kappa shape index (κ3) is 8.77. The van der Waals surface area contributed by atoms with Crippen LogP contribution in [0.3, 0.4) is 0 Å². The van der Waals surface area contributed by atoms with Crippen LogP contribution < -0.4 is 11.1 Å². The van der Waals surface area contributed by atoms with Gasteiger partial charge in [-0.2, -0.15) is 0 Å². The van der Waals surface area contributed by atoms with Gasteiger partial charge in [-0.25, -0.2) is 4.79 Å². The number of nitrogens with zero attached hydrogens (tertiary/aromatic N) is 3. The minimum Gasteiger partial charge on any atom is -0.444 e. The Kier molecular flexibility index (Phi) is 11.2. The van der Waals surface area contributed by atoms with E-state index in [2.05, 4.69) is 49.4 Å². The van der Waals surface area contributed by atoms with E-state index in [4.69, 9.17) is 19.3 Å². The van der Waals surface area contributed by atoms with E-state index in [0.717, 1.165) is 16.7 Å². The van der Waals surface area contributed by atoms with Gasteiger partial charge in [-0.05, 0) is 62.0 Å². The molecule has 10 nitrogen and oxygen atoms in total. The number of benzene rings is 3. The van der Waals surface area contributed by atoms with E-state index in [1.165, 1.54) is 0 Å². The van der Waals surface area contributed by atoms with Gasteiger partial charge in [-0.15, -0.1) is 10.2 Å². The Morgan fingerprint density at radius 2 is 1.39 bits per heavy atom. The number of aromatic nitrogens is 2. The lowest BCUT2D eigenvalue weighted by molar-refractivity contribution is -0.122. The summed E-state index contributed by atoms with van der Waals surface area (Å²) in [4.78, 5) is 28.9. The normalized spacial score (nSPS) is 17.6. The standard InChI is InChI=1S/C40H53N5O5Si/c1-38(2,3)49-37(47)45-27-31(50-51(7,8)39(4,5)6)26-33(45)36-44-43-35(48-36)32(41)24-25-34(46)42-40(28-18-12-9-13-19-28,29-20-14-10-15-21-29)30-22-16-11-17-23-30/h9-23,31-33H,24-27,41H2,1-8H3,(H,42,46)/t31-,32+,33+/m1/s1. The van der Waals surface area contributed by atoms with Gasteiger partial charge >= 0.3 is 6.09 Å². The van der Waals surface area contributed by atoms with Crippen LogP contribution in [0, 0.1) is 0 Å². The summed E-state index contributed by atoms with van der Waals surface area (Å²) in [5.74, 6) is 0.295. The molecular formula is C40H53N5O5Si. The maximum Gasteiger partial charge on any atom is 0.411 e. The molecule has 1 fully saturated rings. The predicted octanol–water partition coefficient (Wildman–Crippen LogP) is 8.03. The summed E-state index contributed by atoms with van der Waals surface area (Å²) in [5, 5.41) is 12.0. The van der Waals surface area contributed by atoms with Gasteiger partial charge in [0.1, 0.15) is 17.2 Å². The third-order valence-corrected chi connectivity index (χ3v) is 14.4. The first-order valence-electron chi connectivity index (χ1n) is 17.7. The second-order valence-electron chi connectivity index (χ2n) is 15.9. The molecule has 1 aromatic heterocycles. The van der Waals surface area contributed by atoms with Gasteiger partial charge in [-0.1, -0.05) is 112 Å². The molecule has 1 aliphatic rings. The molecule has 3 aromatic carbocycles. The zero-order chi connectivity index (χ0) is 37.0. The van der Waals surface area contributed by atoms with Crippen LogP contribution in [0.25, 0.3) is 0 Å². The van der Waals surface area contributed by atoms with Crippen LogP contribution in [0.4, 0.5) is 4.79 Å². The van der Waals surface area contributed by atoms with Crippen LogP contribution in [-0.4, -0.2) is 53.7 Å². The number of nitrogens with two attached hydrogens (primary N) is 1. The Morgan fingerprint density at radius 3 is 1.86 bits per heavy atom. The highest BCUT2D eigenvalue weighted by Crippen LogP contribution is 2.42. The average Bonchev–Trinajstić information content (AvgIpc) is 3.74. The minimum atomic E-state index is -2.13. The van der Waals surface area contributed by atoms with E-state index in [1.54, 1.807) is 4.90 Å². The van der Waals surface area contributed by atoms with Crippen molar-refractivity contribution in [3.63, 3.8) is 0 Å². The summed E-state index contributed by atoms with van der Waals surface area (Å²) in [6.45, 7) is 16.8. The SMILES string of the molecule is CC(C)(C)OC(=O)N1C[C@H](O[Si](C)(C)C(C)(C)C)C[C@H]1c1nnc([C@@H](N)CCC(=O)NC(c2ccccc2)(c2ccccc2)c2ccccc2)o1. The molecule has 1 saturated heterocycles. The van der Waals surface area contributed by atoms with Crippen LogP contribution in [0.15, 0.2) is 95.4 Å². The molecule has 2 heterocycles. The predicted molar refractivity (Wildman–Crippen MR) is 200 cm³/mol. The van der Waals surface area contributed by atoms with Gasteiger partial charge in [0.25, 0.3) is 0 Å². The average molecular weight is 712 g/mol. The minimum absolute atomic E-state index is 0.00149. The first-order valence-corrected chi connectivity index (χ1v) is 20.6. The Labute approximate surface area is 303 Å². The number of carbonyl (C=O) groups is 2. The van der Waals surface area contributed by atoms with Crippen molar-refractivity contribution in [3.8, 4) is 0 Å². The first kappa shape index (κ1) is 37.9. The molecular weight excluding hydrogens is 659 g/mol. The summed E-state index contributed by atoms with van der Waals surface area (Å²) in [5.41, 5.74) is 7.78. The number of amides is 2. The highest BCUT2D eigenvalue weighted by molar-refractivity contribution is 6.74. The fraction of sp³-hybridized carbons (Fsp3) is 0.450. The number of nitrogens with one attached hydrogen (secondary N) is 1. The quantitative estimate of drug-likeness (QED) is 0.118. The number of rotatable bonds is 11. The summed E-state index contributed by atoms with van der Waals surface area (Å²) >= 11 is 0. The van der Waals surface area contributed by atoms with Crippen molar-refractivity contribution >= 4 is 20.3 Å². The maximum atomic E-state index is 13.9. The summed E-state index contributed by atoms with van der Waals surface area (Å²) in [6.07, 6.45) is 0.192. The lowest BCUT2D eigenvalue weighted by Crippen LogP contribution is -2.47. The number of carbonyl (C=O) groups excluding carboxylic acids is 2. The van der Waals surface area contributed by atoms with Crippen LogP contribution in [-0.2, 0) is 19.5 Å². The zero-order valence-electron chi connectivity index (χ0n) is 31.2. The molecule has 2 amide bonds. The highest BCUT2D eigenvalue weighted by Gasteiger charge is 2.46. The Bertz CT molecular complexity index is 1660. The molecule has 0 bridgehead atoms. The van der Waals surface area contributed by atoms with E-state index >= 15 is 0 Å². The molecule has 272 valence electrons. The van der Waals surface area contributed by atoms with E-state index in [0.29, 0.717) is 13.0 Å². The smallest absolute Gasteiger partial charge is 0.411 e. The second-order valence-corrected chi connectivity index (χ2v) is 20.7. The third-order valence-electron chi connectivity index (χ3n) is 9.85. The maximum absolute atomic E-state index is 13.9. The van der Waals surface area contributed by atoms with Crippen molar-refractivity contribution in [2.24, 2.45) is 5.73 Å². The molecule has 0 radical (unpaired) electrons. The van der Waals surface area contributed by atoms with Gasteiger partial charge in [0, 0.05) is 19.4 Å². The molecule has 11 heteroatoms. The van der Waals surface area contributed by atoms with Crippen molar-refractivity contribution < 1.29 is 23.2 Å². The summed E-state index contributed by atoms with van der Waals surface area (Å²) in [6, 6.07) is 28.6. The number of ether oxygens (including phenoxy) is 1. The second kappa shape index (κ2) is 15.1. The lowest BCUT2D eigenvalue weighted by Gasteiger charge is -2.38. The van der Waals surface area contributed by atoms with E-state index in [9.17, 15) is 9.59 Å². The Balaban J connectivity index is 1.34. The van der Waals surface area contributed by atoms with E-state index < -0.39 is 37.6 Å². The van der Waals surface area contributed by atoms with Gasteiger partial charge in [-0.3, -0.25) is 9.69 Å². The zero-order valence-corrected chi connectivity index (χ0v) is 32.2. The van der Waals surface area contributed by atoms with Crippen molar-refractivity contribution in [2.45, 2.75) is 108 Å². The molecule has 1 aliphatic heterocycles. The molecule has 51 heavy (non-hydrogen) atoms. The number of likely N-dealkylation sites (tertiary alicyclic amines) is 1. The summed E-state index contributed by atoms with van der Waals surface area (Å²) < 4.78 is 18.6. The fourth-order valence-corrected chi connectivity index (χ4v) is 7.58. The van der Waals surface area contributed by atoms with Crippen molar-refractivity contribution in [1.29, 1.82) is 0 Å².